The Kier molecular flexibility index (Phi) is 3.24. The minimum absolute atomic E-state index is 0.135. The number of benzene rings is 10. The van der Waals surface area contributed by atoms with Gasteiger partial charge in [0.05, 0.1) is 39.8 Å². The number of anilines is 3. The van der Waals surface area contributed by atoms with Gasteiger partial charge in [-0.1, -0.05) is 163 Å². The van der Waals surface area contributed by atoms with E-state index in [0.717, 1.165) is 29.2 Å². The van der Waals surface area contributed by atoms with Crippen LogP contribution in [-0.2, 0) is 0 Å². The molecule has 0 N–H and O–H groups in total. The van der Waals surface area contributed by atoms with E-state index < -0.39 is 230 Å². The maximum atomic E-state index is 9.69. The van der Waals surface area contributed by atoms with Crippen molar-refractivity contribution in [3.8, 4) is 33.4 Å². The summed E-state index contributed by atoms with van der Waals surface area (Å²) in [7, 11) is 0. The topological polar surface area (TPSA) is 3.24 Å². The SMILES string of the molecule is [2H]c1cc(-c2c([2H])c3c([2H])c([2H])c([2H])c([2H])c3c3c([2H])c([2H])c([2H])c([2H])c23)ccc1N(c1ccc(-c2c([2H])c3c([2H])c([2H])c([2H])c([2H])c3c3c([2H])c([2H])c([2H])c([2H])c23)c([2H])c1[2H])c1cc([2H])c(-c2c([2H])c([2H])c([2H])c([2H])c2[2H])c([2H])c1[2H]. The maximum Gasteiger partial charge on any atom is 0.0645 e. The van der Waals surface area contributed by atoms with Gasteiger partial charge in [0, 0.05) is 17.1 Å². The lowest BCUT2D eigenvalue weighted by atomic mass is 9.93. The molecule has 0 radical (unpaired) electrons. The van der Waals surface area contributed by atoms with Gasteiger partial charge in [0.15, 0.2) is 0 Å². The van der Waals surface area contributed by atoms with Crippen LogP contribution < -0.4 is 4.90 Å². The van der Waals surface area contributed by atoms with Gasteiger partial charge in [0.25, 0.3) is 0 Å². The molecule has 0 aliphatic rings. The van der Waals surface area contributed by atoms with Gasteiger partial charge in [-0.15, -0.1) is 0 Å². The van der Waals surface area contributed by atoms with E-state index in [9.17, 15) is 11.0 Å². The molecule has 1 nitrogen and oxygen atoms in total. The van der Waals surface area contributed by atoms with E-state index in [1.807, 2.05) is 0 Å². The van der Waals surface area contributed by atoms with Gasteiger partial charge < -0.3 is 4.90 Å². The van der Waals surface area contributed by atoms with E-state index in [1.165, 1.54) is 12.1 Å². The Morgan fingerprint density at radius 1 is 0.283 bits per heavy atom. The van der Waals surface area contributed by atoms with Crippen molar-refractivity contribution in [2.24, 2.45) is 0 Å². The number of rotatable bonds is 6. The van der Waals surface area contributed by atoms with Crippen LogP contribution in [0.4, 0.5) is 17.1 Å². The minimum atomic E-state index is -0.885. The molecule has 0 aliphatic carbocycles. The lowest BCUT2D eigenvalue weighted by Crippen LogP contribution is -2.09. The second kappa shape index (κ2) is 13.0. The zero-order valence-corrected chi connectivity index (χ0v) is 26.9. The first kappa shape index (κ1) is 13.2. The molecule has 0 atom stereocenters. The molecule has 0 aromatic heterocycles. The van der Waals surface area contributed by atoms with Crippen molar-refractivity contribution >= 4 is 60.2 Å². The fraction of sp³-hybridized carbons (Fsp3) is 0. The third-order valence-corrected chi connectivity index (χ3v) is 8.48. The molecule has 0 aliphatic heterocycles. The van der Waals surface area contributed by atoms with Gasteiger partial charge in [-0.3, -0.25) is 0 Å². The first-order valence-corrected chi connectivity index (χ1v) is 15.9. The molecule has 0 unspecified atom stereocenters. The highest BCUT2D eigenvalue weighted by atomic mass is 15.1. The number of fused-ring (bicyclic) bond motifs is 6. The minimum Gasteiger partial charge on any atom is -0.311 e. The Morgan fingerprint density at radius 3 is 1.36 bits per heavy atom. The summed E-state index contributed by atoms with van der Waals surface area (Å²) in [6.45, 7) is 0. The Labute approximate surface area is 350 Å². The van der Waals surface area contributed by atoms with Crippen LogP contribution in [0.2, 0.25) is 0 Å². The highest BCUT2D eigenvalue weighted by Crippen LogP contribution is 2.41. The second-order valence-electron chi connectivity index (χ2n) is 11.5. The van der Waals surface area contributed by atoms with Crippen LogP contribution in [0.15, 0.2) is 212 Å². The van der Waals surface area contributed by atoms with Crippen LogP contribution in [0.25, 0.3) is 76.5 Å². The molecule has 0 saturated heterocycles. The van der Waals surface area contributed by atoms with E-state index in [1.54, 1.807) is 0 Å². The average molecular weight is 703 g/mol. The van der Waals surface area contributed by atoms with E-state index in [0.29, 0.717) is 0 Å². The van der Waals surface area contributed by atoms with Crippen LogP contribution in [0.1, 0.15) is 39.8 Å². The normalized spacial score (nSPS) is 19.1. The first-order chi connectivity index (χ1) is 38.3. The number of hydrogen-bond acceptors (Lipinski definition) is 1. The van der Waals surface area contributed by atoms with Crippen LogP contribution in [0.5, 0.6) is 0 Å². The molecule has 10 rings (SSSR count). The quantitative estimate of drug-likeness (QED) is 0.156. The van der Waals surface area contributed by atoms with Gasteiger partial charge in [-0.2, -0.15) is 0 Å². The Bertz CT molecular complexity index is 4600. The molecule has 0 spiro atoms. The average Bonchev–Trinajstić information content (AvgIpc) is 0.984. The monoisotopic (exact) mass is 702 g/mol. The van der Waals surface area contributed by atoms with Gasteiger partial charge >= 0.3 is 0 Å². The zero-order valence-electron chi connectivity index (χ0n) is 55.9. The zero-order chi connectivity index (χ0) is 60.4. The van der Waals surface area contributed by atoms with E-state index >= 15 is 0 Å². The molecule has 0 fully saturated rings. The summed E-state index contributed by atoms with van der Waals surface area (Å²) >= 11 is 0. The lowest BCUT2D eigenvalue weighted by molar-refractivity contribution is 1.28. The molecule has 10 aromatic carbocycles. The first-order valence-electron chi connectivity index (χ1n) is 30.4. The van der Waals surface area contributed by atoms with Crippen LogP contribution >= 0.6 is 0 Å². The summed E-state index contributed by atoms with van der Waals surface area (Å²) in [5, 5.41) is -3.29. The summed E-state index contributed by atoms with van der Waals surface area (Å²) < 4.78 is 257. The summed E-state index contributed by atoms with van der Waals surface area (Å²) in [6.07, 6.45) is 0. The van der Waals surface area contributed by atoms with E-state index in [2.05, 4.69) is 0 Å². The molecule has 0 bridgehead atoms. The van der Waals surface area contributed by atoms with Crippen LogP contribution in [0, 0.1) is 0 Å². The Hall–Kier alpha value is -6.96. The van der Waals surface area contributed by atoms with Crippen molar-refractivity contribution in [2.45, 2.75) is 0 Å². The summed E-state index contributed by atoms with van der Waals surface area (Å²) in [5.41, 5.74) is -3.75. The summed E-state index contributed by atoms with van der Waals surface area (Å²) in [4.78, 5) is 0.978. The van der Waals surface area contributed by atoms with Crippen molar-refractivity contribution < 1.29 is 39.8 Å². The largest absolute Gasteiger partial charge is 0.311 e. The number of hydrogen-bond donors (Lipinski definition) is 0. The molecule has 53 heavy (non-hydrogen) atoms. The van der Waals surface area contributed by atoms with Crippen molar-refractivity contribution in [3.63, 3.8) is 0 Å². The molecule has 10 aromatic rings. The van der Waals surface area contributed by atoms with E-state index in [4.69, 9.17) is 28.8 Å². The van der Waals surface area contributed by atoms with Gasteiger partial charge in [0.1, 0.15) is 0 Å². The highest BCUT2D eigenvalue weighted by molar-refractivity contribution is 6.15. The third-order valence-electron chi connectivity index (χ3n) is 8.48. The van der Waals surface area contributed by atoms with Gasteiger partial charge in [0.2, 0.25) is 0 Å². The van der Waals surface area contributed by atoms with Gasteiger partial charge in [-0.05, 0) is 125 Å². The van der Waals surface area contributed by atoms with E-state index in [-0.39, 0.29) is 38.5 Å². The molecular formula is C52H35N. The fourth-order valence-electron chi connectivity index (χ4n) is 6.08. The van der Waals surface area contributed by atoms with Crippen molar-refractivity contribution in [3.05, 3.63) is 212 Å². The lowest BCUT2D eigenvalue weighted by Gasteiger charge is -2.26. The molecular weight excluding hydrogens is 639 g/mol. The molecule has 0 amide bonds. The second-order valence-corrected chi connectivity index (χ2v) is 11.5. The maximum absolute atomic E-state index is 9.69. The molecule has 248 valence electrons. The van der Waals surface area contributed by atoms with Crippen LogP contribution in [0.3, 0.4) is 0 Å². The Balaban J connectivity index is 1.30. The highest BCUT2D eigenvalue weighted by Gasteiger charge is 2.16. The van der Waals surface area contributed by atoms with Crippen molar-refractivity contribution in [2.75, 3.05) is 4.90 Å². The summed E-state index contributed by atoms with van der Waals surface area (Å²) in [5.74, 6) is 0. The van der Waals surface area contributed by atoms with Gasteiger partial charge in [-0.25, -0.2) is 0 Å². The van der Waals surface area contributed by atoms with Crippen molar-refractivity contribution in [1.82, 2.24) is 0 Å². The predicted octanol–water partition coefficient (Wildman–Crippen LogP) is 14.8. The molecule has 1 heteroatoms. The third kappa shape index (κ3) is 5.51. The predicted molar refractivity (Wildman–Crippen MR) is 227 cm³/mol. The summed E-state index contributed by atoms with van der Waals surface area (Å²) in [6, 6.07) is -15.3. The number of nitrogens with zero attached hydrogens (tertiary/aromatic N) is 1. The molecule has 0 heterocycles. The van der Waals surface area contributed by atoms with Crippen molar-refractivity contribution in [1.29, 1.82) is 0 Å². The molecule has 0 saturated carbocycles. The smallest absolute Gasteiger partial charge is 0.0645 e. The Morgan fingerprint density at radius 2 is 0.736 bits per heavy atom. The standard InChI is InChI=1S/C52H35N/c1-2-12-36(13-3-1)37-22-28-42(29-23-37)53(43-30-24-38(25-31-43)51-34-40-14-4-6-16-45(40)47-18-8-10-20-49(47)51)44-32-26-39(27-33-44)52-35-41-15-5-7-17-46(41)48-19-9-11-21-50(48)52/h1-35H/i1D,2D,3D,4D,5D,6D,7D,8D,9D,10D,11D,12D,13D,14D,15D,16D,17D,18D,19D,20D,21D,22D,23D,24D,28D,30D,32D,34D,35D. The van der Waals surface area contributed by atoms with Crippen LogP contribution in [-0.4, -0.2) is 0 Å². The fourth-order valence-corrected chi connectivity index (χ4v) is 6.08.